The number of nitrogens with two attached hydrogens (primary N) is 1. The summed E-state index contributed by atoms with van der Waals surface area (Å²) in [6.07, 6.45) is 0.582. The van der Waals surface area contributed by atoms with Gasteiger partial charge in [0.15, 0.2) is 0 Å². The molecule has 1 atom stereocenters. The summed E-state index contributed by atoms with van der Waals surface area (Å²) < 4.78 is 27.7. The van der Waals surface area contributed by atoms with Gasteiger partial charge in [-0.3, -0.25) is 10.3 Å². The van der Waals surface area contributed by atoms with E-state index < -0.39 is 23.7 Å². The van der Waals surface area contributed by atoms with Crippen molar-refractivity contribution in [1.82, 2.24) is 4.90 Å². The number of carbonyl (C=O) groups excluding carboxylic acids is 1. The number of hydrogen-bond acceptors (Lipinski definition) is 2. The first-order chi connectivity index (χ1) is 8.41. The molecule has 18 heavy (non-hydrogen) atoms. The lowest BCUT2D eigenvalue weighted by Gasteiger charge is -2.23. The van der Waals surface area contributed by atoms with Crippen LogP contribution in [0.5, 0.6) is 0 Å². The molecule has 1 aliphatic rings. The van der Waals surface area contributed by atoms with Crippen LogP contribution < -0.4 is 5.73 Å². The fraction of sp³-hybridized carbons (Fsp3) is 0.333. The Morgan fingerprint density at radius 3 is 2.50 bits per heavy atom. The molecule has 0 bridgehead atoms. The highest BCUT2D eigenvalue weighted by molar-refractivity contribution is 5.97. The number of primary amides is 1. The molecule has 0 aromatic heterocycles. The van der Waals surface area contributed by atoms with Crippen molar-refractivity contribution in [3.63, 3.8) is 0 Å². The largest absolute Gasteiger partial charge is 0.351 e. The number of nitrogens with zero attached hydrogens (tertiary/aromatic N) is 1. The second-order valence-corrected chi connectivity index (χ2v) is 4.35. The fourth-order valence-electron chi connectivity index (χ4n) is 2.30. The Hall–Kier alpha value is -1.98. The Labute approximate surface area is 103 Å². The SMILES string of the molecule is Cc1cc(F)c(C2CCC(=N)N2C(N)=O)c(F)c1. The summed E-state index contributed by atoms with van der Waals surface area (Å²) >= 11 is 0. The van der Waals surface area contributed by atoms with Crippen molar-refractivity contribution in [3.05, 3.63) is 34.9 Å². The van der Waals surface area contributed by atoms with Gasteiger partial charge < -0.3 is 5.73 Å². The standard InChI is InChI=1S/C12H13F2N3O/c1-6-4-7(13)11(8(14)5-6)9-2-3-10(15)17(9)12(16)18/h4-5,9,15H,2-3H2,1H3,(H2,16,18). The molecule has 0 radical (unpaired) electrons. The average molecular weight is 253 g/mol. The van der Waals surface area contributed by atoms with E-state index in [4.69, 9.17) is 11.1 Å². The van der Waals surface area contributed by atoms with Gasteiger partial charge in [0.1, 0.15) is 17.5 Å². The molecule has 6 heteroatoms. The Morgan fingerprint density at radius 1 is 1.44 bits per heavy atom. The highest BCUT2D eigenvalue weighted by atomic mass is 19.1. The van der Waals surface area contributed by atoms with E-state index in [1.54, 1.807) is 6.92 Å². The van der Waals surface area contributed by atoms with Crippen LogP contribution in [0.25, 0.3) is 0 Å². The van der Waals surface area contributed by atoms with E-state index in [9.17, 15) is 13.6 Å². The maximum Gasteiger partial charge on any atom is 0.320 e. The summed E-state index contributed by atoms with van der Waals surface area (Å²) in [6, 6.07) is 0.733. The Morgan fingerprint density at radius 2 is 2.00 bits per heavy atom. The van der Waals surface area contributed by atoms with E-state index in [0.717, 1.165) is 4.90 Å². The number of urea groups is 1. The molecule has 1 unspecified atom stereocenters. The quantitative estimate of drug-likeness (QED) is 0.793. The lowest BCUT2D eigenvalue weighted by Crippen LogP contribution is -2.38. The summed E-state index contributed by atoms with van der Waals surface area (Å²) in [5.41, 5.74) is 5.42. The van der Waals surface area contributed by atoms with Crippen molar-refractivity contribution in [2.24, 2.45) is 5.73 Å². The van der Waals surface area contributed by atoms with Gasteiger partial charge in [-0.15, -0.1) is 0 Å². The minimum absolute atomic E-state index is 0.00752. The molecule has 2 rings (SSSR count). The number of carbonyl (C=O) groups is 1. The molecule has 1 saturated heterocycles. The van der Waals surface area contributed by atoms with Crippen LogP contribution in [0, 0.1) is 24.0 Å². The second kappa shape index (κ2) is 4.36. The molecule has 96 valence electrons. The van der Waals surface area contributed by atoms with E-state index >= 15 is 0 Å². The van der Waals surface area contributed by atoms with Gasteiger partial charge in [-0.25, -0.2) is 13.6 Å². The maximum atomic E-state index is 13.8. The van der Waals surface area contributed by atoms with Gasteiger partial charge in [0.2, 0.25) is 0 Å². The van der Waals surface area contributed by atoms with Crippen LogP contribution in [0.15, 0.2) is 12.1 Å². The first kappa shape index (κ1) is 12.5. The van der Waals surface area contributed by atoms with Gasteiger partial charge in [-0.1, -0.05) is 0 Å². The van der Waals surface area contributed by atoms with Gasteiger partial charge in [0, 0.05) is 12.0 Å². The number of benzene rings is 1. The van der Waals surface area contributed by atoms with Crippen molar-refractivity contribution < 1.29 is 13.6 Å². The normalized spacial score (nSPS) is 19.4. The average Bonchev–Trinajstić information content (AvgIpc) is 2.58. The number of halogens is 2. The zero-order valence-corrected chi connectivity index (χ0v) is 9.84. The molecule has 1 aliphatic heterocycles. The molecule has 1 aromatic carbocycles. The van der Waals surface area contributed by atoms with Crippen molar-refractivity contribution in [2.75, 3.05) is 0 Å². The summed E-state index contributed by atoms with van der Waals surface area (Å²) in [5.74, 6) is -1.43. The smallest absolute Gasteiger partial charge is 0.320 e. The van der Waals surface area contributed by atoms with E-state index in [0.29, 0.717) is 12.0 Å². The van der Waals surface area contributed by atoms with E-state index in [-0.39, 0.29) is 17.8 Å². The summed E-state index contributed by atoms with van der Waals surface area (Å²) in [5, 5.41) is 7.58. The number of hydrogen-bond donors (Lipinski definition) is 2. The Bertz CT molecular complexity index is 507. The minimum atomic E-state index is -0.859. The molecular weight excluding hydrogens is 240 g/mol. The number of likely N-dealkylation sites (tertiary alicyclic amines) is 1. The van der Waals surface area contributed by atoms with Crippen molar-refractivity contribution in [2.45, 2.75) is 25.8 Å². The third kappa shape index (κ3) is 1.94. The molecule has 0 saturated carbocycles. The molecule has 2 amide bonds. The molecule has 4 nitrogen and oxygen atoms in total. The molecule has 0 aliphatic carbocycles. The minimum Gasteiger partial charge on any atom is -0.351 e. The van der Waals surface area contributed by atoms with Gasteiger partial charge in [0.25, 0.3) is 0 Å². The highest BCUT2D eigenvalue weighted by Crippen LogP contribution is 2.35. The number of aryl methyl sites for hydroxylation is 1. The lowest BCUT2D eigenvalue weighted by molar-refractivity contribution is 0.220. The highest BCUT2D eigenvalue weighted by Gasteiger charge is 2.36. The predicted octanol–water partition coefficient (Wildman–Crippen LogP) is 2.47. The summed E-state index contributed by atoms with van der Waals surface area (Å²) in [7, 11) is 0. The molecular formula is C12H13F2N3O. The van der Waals surface area contributed by atoms with Crippen LogP contribution >= 0.6 is 0 Å². The Balaban J connectivity index is 2.49. The second-order valence-electron chi connectivity index (χ2n) is 4.35. The van der Waals surface area contributed by atoms with Crippen LogP contribution in [0.3, 0.4) is 0 Å². The van der Waals surface area contributed by atoms with Gasteiger partial charge in [-0.05, 0) is 31.0 Å². The van der Waals surface area contributed by atoms with Crippen LogP contribution in [-0.2, 0) is 0 Å². The zero-order chi connectivity index (χ0) is 13.4. The van der Waals surface area contributed by atoms with E-state index in [1.165, 1.54) is 12.1 Å². The molecule has 1 fully saturated rings. The van der Waals surface area contributed by atoms with Crippen molar-refractivity contribution >= 4 is 11.9 Å². The van der Waals surface area contributed by atoms with Gasteiger partial charge in [0.05, 0.1) is 6.04 Å². The van der Waals surface area contributed by atoms with Crippen molar-refractivity contribution in [3.8, 4) is 0 Å². The summed E-state index contributed by atoms with van der Waals surface area (Å²) in [4.78, 5) is 12.2. The van der Waals surface area contributed by atoms with Gasteiger partial charge >= 0.3 is 6.03 Å². The Kier molecular flexibility index (Phi) is 3.02. The first-order valence-corrected chi connectivity index (χ1v) is 5.53. The molecule has 1 aromatic rings. The van der Waals surface area contributed by atoms with Crippen LogP contribution in [0.4, 0.5) is 13.6 Å². The summed E-state index contributed by atoms with van der Waals surface area (Å²) in [6.45, 7) is 1.58. The topological polar surface area (TPSA) is 70.2 Å². The molecule has 0 spiro atoms. The number of nitrogens with one attached hydrogen (secondary N) is 1. The zero-order valence-electron chi connectivity index (χ0n) is 9.84. The van der Waals surface area contributed by atoms with E-state index in [2.05, 4.69) is 0 Å². The molecule has 3 N–H and O–H groups in total. The lowest BCUT2D eigenvalue weighted by atomic mass is 10.0. The molecule has 1 heterocycles. The van der Waals surface area contributed by atoms with Gasteiger partial charge in [-0.2, -0.15) is 0 Å². The third-order valence-corrected chi connectivity index (χ3v) is 3.05. The van der Waals surface area contributed by atoms with Crippen molar-refractivity contribution in [1.29, 1.82) is 5.41 Å². The van der Waals surface area contributed by atoms with Crippen LogP contribution in [-0.4, -0.2) is 16.8 Å². The number of amidine groups is 1. The fourth-order valence-corrected chi connectivity index (χ4v) is 2.30. The predicted molar refractivity (Wildman–Crippen MR) is 62.2 cm³/mol. The maximum absolute atomic E-state index is 13.8. The first-order valence-electron chi connectivity index (χ1n) is 5.53. The number of amides is 2. The van der Waals surface area contributed by atoms with Crippen LogP contribution in [0.2, 0.25) is 0 Å². The third-order valence-electron chi connectivity index (χ3n) is 3.05. The monoisotopic (exact) mass is 253 g/mol. The number of rotatable bonds is 1. The van der Waals surface area contributed by atoms with E-state index in [1.807, 2.05) is 0 Å². The van der Waals surface area contributed by atoms with Crippen LogP contribution in [0.1, 0.15) is 30.0 Å².